The first kappa shape index (κ1) is 20.6. The molecule has 0 bridgehead atoms. The van der Waals surface area contributed by atoms with Gasteiger partial charge in [-0.3, -0.25) is 9.59 Å². The molecule has 0 atom stereocenters. The topological polar surface area (TPSA) is 76.3 Å². The number of hydrogen-bond acceptors (Lipinski definition) is 5. The summed E-state index contributed by atoms with van der Waals surface area (Å²) in [6, 6.07) is 24.3. The molecule has 1 aromatic heterocycles. The van der Waals surface area contributed by atoms with Crippen molar-refractivity contribution < 1.29 is 4.79 Å². The first-order valence-electron chi connectivity index (χ1n) is 9.67. The molecular formula is C24H20N4O2S. The van der Waals surface area contributed by atoms with E-state index in [1.165, 1.54) is 4.68 Å². The molecule has 0 radical (unpaired) electrons. The standard InChI is InChI=1S/C24H20N4O2S/c1-31-19-13-11-17(12-14-19)15-25-26-23(29)22-20-9-5-6-10-21(20)24(30)28(27-22)16-18-7-3-2-4-8-18/h2-15H,16H2,1H3,(H,26,29)/b25-15-. The minimum absolute atomic E-state index is 0.154. The zero-order valence-corrected chi connectivity index (χ0v) is 17.7. The van der Waals surface area contributed by atoms with Gasteiger partial charge in [0.2, 0.25) is 0 Å². The second-order valence-corrected chi connectivity index (χ2v) is 7.69. The molecule has 0 aliphatic rings. The number of hydrogen-bond donors (Lipinski definition) is 1. The zero-order valence-electron chi connectivity index (χ0n) is 16.9. The maximum absolute atomic E-state index is 12.9. The highest BCUT2D eigenvalue weighted by molar-refractivity contribution is 7.98. The van der Waals surface area contributed by atoms with Gasteiger partial charge in [-0.25, -0.2) is 10.1 Å². The van der Waals surface area contributed by atoms with E-state index < -0.39 is 5.91 Å². The van der Waals surface area contributed by atoms with Crippen LogP contribution < -0.4 is 11.0 Å². The smallest absolute Gasteiger partial charge is 0.267 e. The average molecular weight is 429 g/mol. The Morgan fingerprint density at radius 2 is 1.68 bits per heavy atom. The summed E-state index contributed by atoms with van der Waals surface area (Å²) >= 11 is 1.66. The van der Waals surface area contributed by atoms with Gasteiger partial charge in [0.05, 0.1) is 18.1 Å². The number of nitrogens with zero attached hydrogens (tertiary/aromatic N) is 3. The largest absolute Gasteiger partial charge is 0.292 e. The molecule has 0 aliphatic carbocycles. The van der Waals surface area contributed by atoms with Crippen molar-refractivity contribution >= 4 is 34.7 Å². The summed E-state index contributed by atoms with van der Waals surface area (Å²) in [5, 5.41) is 9.35. The highest BCUT2D eigenvalue weighted by atomic mass is 32.2. The van der Waals surface area contributed by atoms with Crippen molar-refractivity contribution in [1.82, 2.24) is 15.2 Å². The van der Waals surface area contributed by atoms with Crippen molar-refractivity contribution in [3.05, 3.63) is 106 Å². The minimum atomic E-state index is -0.477. The Kier molecular flexibility index (Phi) is 6.24. The number of carbonyl (C=O) groups is 1. The van der Waals surface area contributed by atoms with Gasteiger partial charge in [-0.2, -0.15) is 10.2 Å². The molecule has 0 saturated heterocycles. The number of rotatable bonds is 6. The van der Waals surface area contributed by atoms with Gasteiger partial charge < -0.3 is 0 Å². The maximum Gasteiger partial charge on any atom is 0.292 e. The zero-order chi connectivity index (χ0) is 21.6. The van der Waals surface area contributed by atoms with Crippen LogP contribution in [0.25, 0.3) is 10.8 Å². The predicted molar refractivity (Wildman–Crippen MR) is 125 cm³/mol. The van der Waals surface area contributed by atoms with E-state index in [1.807, 2.05) is 60.9 Å². The number of benzene rings is 3. The monoisotopic (exact) mass is 428 g/mol. The lowest BCUT2D eigenvalue weighted by molar-refractivity contribution is 0.0949. The van der Waals surface area contributed by atoms with E-state index in [4.69, 9.17) is 0 Å². The fourth-order valence-electron chi connectivity index (χ4n) is 3.17. The third-order valence-corrected chi connectivity index (χ3v) is 5.50. The Bertz CT molecular complexity index is 1300. The maximum atomic E-state index is 12.9. The fourth-order valence-corrected chi connectivity index (χ4v) is 3.58. The van der Waals surface area contributed by atoms with Crippen molar-refractivity contribution in [2.45, 2.75) is 11.4 Å². The van der Waals surface area contributed by atoms with Gasteiger partial charge in [0.1, 0.15) is 0 Å². The molecule has 1 N–H and O–H groups in total. The third-order valence-electron chi connectivity index (χ3n) is 4.75. The van der Waals surface area contributed by atoms with Crippen molar-refractivity contribution in [1.29, 1.82) is 0 Å². The molecule has 0 spiro atoms. The molecule has 6 nitrogen and oxygen atoms in total. The SMILES string of the molecule is CSc1ccc(/C=N\NC(=O)c2nn(Cc3ccccc3)c(=O)c3ccccc23)cc1. The molecule has 154 valence electrons. The highest BCUT2D eigenvalue weighted by Crippen LogP contribution is 2.15. The quantitative estimate of drug-likeness (QED) is 0.287. The minimum Gasteiger partial charge on any atom is -0.267 e. The van der Waals surface area contributed by atoms with Crippen LogP contribution in [0.1, 0.15) is 21.6 Å². The van der Waals surface area contributed by atoms with Crippen LogP contribution in [0, 0.1) is 0 Å². The molecule has 0 saturated carbocycles. The summed E-state index contributed by atoms with van der Waals surface area (Å²) in [6.07, 6.45) is 3.59. The number of thioether (sulfide) groups is 1. The average Bonchev–Trinajstić information content (AvgIpc) is 2.82. The van der Waals surface area contributed by atoms with Crippen molar-refractivity contribution in [2.75, 3.05) is 6.26 Å². The fraction of sp³-hybridized carbons (Fsp3) is 0.0833. The van der Waals surface area contributed by atoms with Gasteiger partial charge >= 0.3 is 0 Å². The third kappa shape index (κ3) is 4.73. The van der Waals surface area contributed by atoms with Gasteiger partial charge in [-0.15, -0.1) is 11.8 Å². The van der Waals surface area contributed by atoms with Crippen molar-refractivity contribution in [3.63, 3.8) is 0 Å². The lowest BCUT2D eigenvalue weighted by atomic mass is 10.1. The van der Waals surface area contributed by atoms with Gasteiger partial charge in [0.15, 0.2) is 5.69 Å². The summed E-state index contributed by atoms with van der Waals surface area (Å²) in [6.45, 7) is 0.274. The summed E-state index contributed by atoms with van der Waals surface area (Å²) < 4.78 is 1.32. The van der Waals surface area contributed by atoms with Crippen molar-refractivity contribution in [3.8, 4) is 0 Å². The van der Waals surface area contributed by atoms with Crippen LogP contribution in [-0.2, 0) is 6.54 Å². The number of amides is 1. The Hall–Kier alpha value is -3.71. The first-order valence-corrected chi connectivity index (χ1v) is 10.9. The number of hydrazone groups is 1. The van der Waals surface area contributed by atoms with E-state index in [0.29, 0.717) is 10.8 Å². The number of fused-ring (bicyclic) bond motifs is 1. The van der Waals surface area contributed by atoms with E-state index in [0.717, 1.165) is 16.0 Å². The molecule has 4 aromatic rings. The van der Waals surface area contributed by atoms with E-state index in [-0.39, 0.29) is 17.8 Å². The van der Waals surface area contributed by atoms with E-state index >= 15 is 0 Å². The van der Waals surface area contributed by atoms with Gasteiger partial charge in [-0.05, 0) is 35.6 Å². The van der Waals surface area contributed by atoms with Gasteiger partial charge in [0, 0.05) is 10.3 Å². The summed E-state index contributed by atoms with van der Waals surface area (Å²) in [5.41, 5.74) is 4.23. The molecule has 1 heterocycles. The molecule has 3 aromatic carbocycles. The van der Waals surface area contributed by atoms with Crippen molar-refractivity contribution in [2.24, 2.45) is 5.10 Å². The lowest BCUT2D eigenvalue weighted by Gasteiger charge is -2.10. The second-order valence-electron chi connectivity index (χ2n) is 6.81. The van der Waals surface area contributed by atoms with Crippen LogP contribution in [0.4, 0.5) is 0 Å². The molecule has 0 fully saturated rings. The number of aromatic nitrogens is 2. The molecule has 0 aliphatic heterocycles. The first-order chi connectivity index (χ1) is 15.2. The number of carbonyl (C=O) groups excluding carboxylic acids is 1. The van der Waals surface area contributed by atoms with Crippen LogP contribution in [-0.4, -0.2) is 28.2 Å². The summed E-state index contributed by atoms with van der Waals surface area (Å²) in [4.78, 5) is 26.9. The second kappa shape index (κ2) is 9.40. The van der Waals surface area contributed by atoms with Crippen LogP contribution in [0.2, 0.25) is 0 Å². The molecule has 1 amide bonds. The van der Waals surface area contributed by atoms with E-state index in [9.17, 15) is 9.59 Å². The molecule has 7 heteroatoms. The Balaban J connectivity index is 1.63. The van der Waals surface area contributed by atoms with E-state index in [2.05, 4.69) is 15.6 Å². The molecule has 4 rings (SSSR count). The predicted octanol–water partition coefficient (Wildman–Crippen LogP) is 3.93. The van der Waals surface area contributed by atoms with Crippen LogP contribution in [0.15, 0.2) is 93.7 Å². The summed E-state index contributed by atoms with van der Waals surface area (Å²) in [5.74, 6) is -0.477. The lowest BCUT2D eigenvalue weighted by Crippen LogP contribution is -2.29. The van der Waals surface area contributed by atoms with Gasteiger partial charge in [-0.1, -0.05) is 60.7 Å². The molecular weight excluding hydrogens is 408 g/mol. The molecule has 31 heavy (non-hydrogen) atoms. The van der Waals surface area contributed by atoms with Gasteiger partial charge in [0.25, 0.3) is 11.5 Å². The van der Waals surface area contributed by atoms with Crippen LogP contribution >= 0.6 is 11.8 Å². The van der Waals surface area contributed by atoms with E-state index in [1.54, 1.807) is 42.2 Å². The van der Waals surface area contributed by atoms with Crippen LogP contribution in [0.5, 0.6) is 0 Å². The molecule has 0 unspecified atom stereocenters. The summed E-state index contributed by atoms with van der Waals surface area (Å²) in [7, 11) is 0. The van der Waals surface area contributed by atoms with Crippen LogP contribution in [0.3, 0.4) is 0 Å². The Labute approximate surface area is 183 Å². The normalized spacial score (nSPS) is 11.1. The highest BCUT2D eigenvalue weighted by Gasteiger charge is 2.16. The Morgan fingerprint density at radius 3 is 2.39 bits per heavy atom. The Morgan fingerprint density at radius 1 is 1.00 bits per heavy atom. The number of nitrogens with one attached hydrogen (secondary N) is 1.